The zero-order valence-corrected chi connectivity index (χ0v) is 26.6. The maximum absolute atomic E-state index is 12.8. The smallest absolute Gasteiger partial charge is 0.344 e. The van der Waals surface area contributed by atoms with Crippen molar-refractivity contribution in [3.05, 3.63) is 0 Å². The highest BCUT2D eigenvalue weighted by Crippen LogP contribution is 2.68. The summed E-state index contributed by atoms with van der Waals surface area (Å²) in [5, 5.41) is 0. The monoisotopic (exact) mass is 566 g/mol. The lowest BCUT2D eigenvalue weighted by molar-refractivity contribution is -0.207. The molecule has 0 amide bonds. The molecule has 0 aromatic heterocycles. The normalized spacial score (nSPS) is 50.4. The van der Waals surface area contributed by atoms with Gasteiger partial charge in [-0.3, -0.25) is 4.79 Å². The van der Waals surface area contributed by atoms with E-state index >= 15 is 0 Å². The minimum absolute atomic E-state index is 0.221. The summed E-state index contributed by atoms with van der Waals surface area (Å²) in [7, 11) is 0. The van der Waals surface area contributed by atoms with Crippen LogP contribution in [0.5, 0.6) is 0 Å². The molecule has 0 aromatic carbocycles. The van der Waals surface area contributed by atoms with Crippen molar-refractivity contribution in [3.63, 3.8) is 0 Å². The number of fused-ring (bicyclic) bond motifs is 5. The third-order valence-corrected chi connectivity index (χ3v) is 15.6. The van der Waals surface area contributed by atoms with Gasteiger partial charge in [0.1, 0.15) is 5.60 Å². The Morgan fingerprint density at radius 2 is 1.44 bits per heavy atom. The lowest BCUT2D eigenvalue weighted by Crippen LogP contribution is -2.58. The summed E-state index contributed by atoms with van der Waals surface area (Å²) < 4.78 is 11.6. The molecule has 0 heterocycles. The van der Waals surface area contributed by atoms with Gasteiger partial charge in [-0.15, -0.1) is 0 Å². The highest BCUT2D eigenvalue weighted by molar-refractivity contribution is 5.76. The fraction of sp³-hybridized carbons (Fsp3) is 0.946. The van der Waals surface area contributed by atoms with E-state index in [1.807, 2.05) is 0 Å². The van der Waals surface area contributed by atoms with Crippen LogP contribution < -0.4 is 0 Å². The first kappa shape index (κ1) is 28.7. The van der Waals surface area contributed by atoms with E-state index in [-0.39, 0.29) is 24.1 Å². The Labute approximate surface area is 249 Å². The molecule has 4 nitrogen and oxygen atoms in total. The van der Waals surface area contributed by atoms with Crippen LogP contribution >= 0.6 is 0 Å². The van der Waals surface area contributed by atoms with E-state index in [0.717, 1.165) is 41.9 Å². The van der Waals surface area contributed by atoms with Gasteiger partial charge in [0.25, 0.3) is 0 Å². The van der Waals surface area contributed by atoms with Crippen LogP contribution in [0.1, 0.15) is 137 Å². The summed E-state index contributed by atoms with van der Waals surface area (Å²) in [6.07, 6.45) is 21.8. The largest absolute Gasteiger partial charge is 0.456 e. The second kappa shape index (κ2) is 10.5. The van der Waals surface area contributed by atoms with Crippen molar-refractivity contribution in [2.75, 3.05) is 6.61 Å². The molecule has 0 aliphatic heterocycles. The Balaban J connectivity index is 0.894. The average molecular weight is 567 g/mol. The lowest BCUT2D eigenvalue weighted by Gasteiger charge is -2.61. The predicted molar refractivity (Wildman–Crippen MR) is 161 cm³/mol. The Hall–Kier alpha value is -1.06. The van der Waals surface area contributed by atoms with Crippen LogP contribution in [0.25, 0.3) is 0 Å². The van der Waals surface area contributed by atoms with Crippen molar-refractivity contribution in [2.45, 2.75) is 142 Å². The molecule has 41 heavy (non-hydrogen) atoms. The molecular weight excluding hydrogens is 508 g/mol. The second-order valence-electron chi connectivity index (χ2n) is 17.3. The van der Waals surface area contributed by atoms with Crippen LogP contribution in [0.15, 0.2) is 0 Å². The molecule has 8 saturated carbocycles. The Kier molecular flexibility index (Phi) is 7.37. The van der Waals surface area contributed by atoms with Gasteiger partial charge in [-0.2, -0.15) is 0 Å². The van der Waals surface area contributed by atoms with Gasteiger partial charge in [0.15, 0.2) is 6.61 Å². The molecular formula is C37H58O4. The number of hydrogen-bond acceptors (Lipinski definition) is 4. The topological polar surface area (TPSA) is 52.6 Å². The molecule has 230 valence electrons. The van der Waals surface area contributed by atoms with Gasteiger partial charge in [0.05, 0.1) is 0 Å². The van der Waals surface area contributed by atoms with Gasteiger partial charge in [-0.25, -0.2) is 4.79 Å². The van der Waals surface area contributed by atoms with E-state index in [9.17, 15) is 9.59 Å². The van der Waals surface area contributed by atoms with Crippen LogP contribution in [-0.4, -0.2) is 24.1 Å². The first-order chi connectivity index (χ1) is 19.6. The Morgan fingerprint density at radius 3 is 2.17 bits per heavy atom. The second-order valence-corrected chi connectivity index (χ2v) is 17.3. The van der Waals surface area contributed by atoms with Crippen LogP contribution in [0.4, 0.5) is 0 Å². The number of hydrogen-bond donors (Lipinski definition) is 0. The molecule has 0 radical (unpaired) electrons. The van der Waals surface area contributed by atoms with Gasteiger partial charge in [-0.05, 0) is 167 Å². The van der Waals surface area contributed by atoms with Gasteiger partial charge < -0.3 is 9.47 Å². The summed E-state index contributed by atoms with van der Waals surface area (Å²) in [5.74, 6) is 7.06. The summed E-state index contributed by atoms with van der Waals surface area (Å²) in [6, 6.07) is 0. The van der Waals surface area contributed by atoms with E-state index < -0.39 is 0 Å². The Bertz CT molecular complexity index is 990. The van der Waals surface area contributed by atoms with Crippen molar-refractivity contribution in [1.29, 1.82) is 0 Å². The van der Waals surface area contributed by atoms with Crippen molar-refractivity contribution in [1.82, 2.24) is 0 Å². The molecule has 0 spiro atoms. The molecule has 4 bridgehead atoms. The number of rotatable bonds is 7. The van der Waals surface area contributed by atoms with Crippen molar-refractivity contribution in [2.24, 2.45) is 70.0 Å². The maximum atomic E-state index is 12.8. The van der Waals surface area contributed by atoms with Gasteiger partial charge in [0, 0.05) is 6.42 Å². The zero-order valence-electron chi connectivity index (χ0n) is 26.6. The van der Waals surface area contributed by atoms with Gasteiger partial charge >= 0.3 is 11.9 Å². The quantitative estimate of drug-likeness (QED) is 0.289. The van der Waals surface area contributed by atoms with Crippen LogP contribution in [-0.2, 0) is 19.1 Å². The lowest BCUT2D eigenvalue weighted by atomic mass is 9.44. The van der Waals surface area contributed by atoms with E-state index in [4.69, 9.17) is 9.47 Å². The van der Waals surface area contributed by atoms with Crippen LogP contribution in [0, 0.1) is 70.0 Å². The molecule has 8 fully saturated rings. The molecule has 8 aliphatic carbocycles. The molecule has 0 saturated heterocycles. The highest BCUT2D eigenvalue weighted by atomic mass is 16.6. The third kappa shape index (κ3) is 4.73. The molecule has 6 unspecified atom stereocenters. The van der Waals surface area contributed by atoms with E-state index in [1.165, 1.54) is 96.3 Å². The minimum Gasteiger partial charge on any atom is -0.456 e. The molecule has 4 heteroatoms. The SMILES string of the molecule is CC(CCC(=O)OCC(=O)OC1(C)C2CC3CC(C2)CC1C3)C1CCC2C3CCC4CCCC[C@]4(C)C3CC[C@]12C. The van der Waals surface area contributed by atoms with E-state index in [1.54, 1.807) is 0 Å². The summed E-state index contributed by atoms with van der Waals surface area (Å²) in [4.78, 5) is 25.6. The fourth-order valence-corrected chi connectivity index (χ4v) is 13.6. The minimum atomic E-state index is -0.355. The number of carbonyl (C=O) groups is 2. The van der Waals surface area contributed by atoms with Gasteiger partial charge in [-0.1, -0.05) is 33.6 Å². The van der Waals surface area contributed by atoms with Crippen LogP contribution in [0.3, 0.4) is 0 Å². The summed E-state index contributed by atoms with van der Waals surface area (Å²) in [5.41, 5.74) is 0.678. The van der Waals surface area contributed by atoms with Crippen molar-refractivity contribution in [3.8, 4) is 0 Å². The van der Waals surface area contributed by atoms with Crippen LogP contribution in [0.2, 0.25) is 0 Å². The highest BCUT2D eigenvalue weighted by Gasteiger charge is 2.60. The first-order valence-corrected chi connectivity index (χ1v) is 18.0. The number of ether oxygens (including phenoxy) is 2. The zero-order chi connectivity index (χ0) is 28.6. The maximum Gasteiger partial charge on any atom is 0.344 e. The first-order valence-electron chi connectivity index (χ1n) is 18.0. The molecule has 8 aliphatic rings. The standard InChI is InChI=1S/C37H58O4/c1-23(8-13-33(38)40-22-34(39)41-37(4)27-18-24-17-25(20-27)21-28(37)19-24)30-11-12-31-29-10-9-26-7-5-6-15-35(26,2)32(29)14-16-36(30,31)3/h23-32H,5-22H2,1-4H3/t23?,24?,25?,26?,27?,28?,29?,30?,31?,32?,35-,36+,37?/m0/s1. The summed E-state index contributed by atoms with van der Waals surface area (Å²) in [6.45, 7) is 9.62. The van der Waals surface area contributed by atoms with Gasteiger partial charge in [0.2, 0.25) is 0 Å². The molecule has 0 N–H and O–H groups in total. The fourth-order valence-electron chi connectivity index (χ4n) is 13.6. The van der Waals surface area contributed by atoms with E-state index in [0.29, 0.717) is 40.9 Å². The summed E-state index contributed by atoms with van der Waals surface area (Å²) >= 11 is 0. The number of carbonyl (C=O) groups excluding carboxylic acids is 2. The average Bonchev–Trinajstić information content (AvgIpc) is 3.30. The van der Waals surface area contributed by atoms with Crippen molar-refractivity contribution < 1.29 is 19.1 Å². The van der Waals surface area contributed by atoms with Crippen molar-refractivity contribution >= 4 is 11.9 Å². The molecule has 0 aromatic rings. The molecule has 8 atom stereocenters. The van der Waals surface area contributed by atoms with E-state index in [2.05, 4.69) is 27.7 Å². The molecule has 8 rings (SSSR count). The Morgan fingerprint density at radius 1 is 0.732 bits per heavy atom. The predicted octanol–water partition coefficient (Wildman–Crippen LogP) is 8.75. The number of esters is 2. The third-order valence-electron chi connectivity index (χ3n) is 15.6.